The molecule has 0 amide bonds. The first kappa shape index (κ1) is 13.4. The van der Waals surface area contributed by atoms with Crippen molar-refractivity contribution in [1.29, 1.82) is 0 Å². The maximum Gasteiger partial charge on any atom is 0.311 e. The van der Waals surface area contributed by atoms with Crippen LogP contribution in [0.15, 0.2) is 30.9 Å². The van der Waals surface area contributed by atoms with Gasteiger partial charge in [-0.2, -0.15) is 0 Å². The number of benzene rings is 1. The van der Waals surface area contributed by atoms with Gasteiger partial charge in [-0.15, -0.1) is 6.58 Å². The summed E-state index contributed by atoms with van der Waals surface area (Å²) >= 11 is 0. The molecule has 1 heterocycles. The van der Waals surface area contributed by atoms with E-state index in [1.807, 2.05) is 6.08 Å². The number of piperidine rings is 1. The van der Waals surface area contributed by atoms with Crippen molar-refractivity contribution >= 4 is 11.4 Å². The van der Waals surface area contributed by atoms with Crippen molar-refractivity contribution in [3.63, 3.8) is 0 Å². The Labute approximate surface area is 112 Å². The molecule has 0 unspecified atom stereocenters. The monoisotopic (exact) mass is 262 g/mol. The molecule has 1 fully saturated rings. The maximum atomic E-state index is 10.9. The zero-order chi connectivity index (χ0) is 13.8. The van der Waals surface area contributed by atoms with E-state index in [-0.39, 0.29) is 5.69 Å². The van der Waals surface area contributed by atoms with Crippen molar-refractivity contribution in [3.05, 3.63) is 41.0 Å². The Morgan fingerprint density at radius 1 is 1.47 bits per heavy atom. The first-order valence-electron chi connectivity index (χ1n) is 6.35. The van der Waals surface area contributed by atoms with Crippen molar-refractivity contribution in [2.24, 2.45) is 5.92 Å². The molecule has 5 heteroatoms. The fourth-order valence-electron chi connectivity index (χ4n) is 2.41. The largest absolute Gasteiger partial charge is 0.490 e. The predicted molar refractivity (Wildman–Crippen MR) is 74.8 cm³/mol. The molecule has 0 aromatic heterocycles. The second kappa shape index (κ2) is 5.73. The molecule has 0 saturated carbocycles. The van der Waals surface area contributed by atoms with Crippen molar-refractivity contribution < 1.29 is 9.66 Å². The Balaban J connectivity index is 2.17. The molecule has 1 aromatic carbocycles. The quantitative estimate of drug-likeness (QED) is 0.475. The summed E-state index contributed by atoms with van der Waals surface area (Å²) in [5, 5.41) is 10.9. The van der Waals surface area contributed by atoms with Crippen molar-refractivity contribution in [2.45, 2.75) is 12.8 Å². The Kier molecular flexibility index (Phi) is 4.04. The van der Waals surface area contributed by atoms with Gasteiger partial charge in [-0.3, -0.25) is 10.1 Å². The van der Waals surface area contributed by atoms with Crippen LogP contribution >= 0.6 is 0 Å². The summed E-state index contributed by atoms with van der Waals surface area (Å²) in [6.07, 6.45) is 4.15. The molecule has 0 N–H and O–H groups in total. The van der Waals surface area contributed by atoms with Crippen LogP contribution in [0.4, 0.5) is 11.4 Å². The number of nitro benzene ring substituents is 1. The number of anilines is 1. The molecule has 1 aliphatic heterocycles. The molecule has 0 atom stereocenters. The summed E-state index contributed by atoms with van der Waals surface area (Å²) in [5.74, 6) is 0.893. The number of allylic oxidation sites excluding steroid dienone is 1. The van der Waals surface area contributed by atoms with Crippen LogP contribution in [0.3, 0.4) is 0 Å². The van der Waals surface area contributed by atoms with Crippen LogP contribution in [0.1, 0.15) is 12.8 Å². The normalized spacial score (nSPS) is 16.2. The van der Waals surface area contributed by atoms with Crippen LogP contribution in [0, 0.1) is 16.0 Å². The van der Waals surface area contributed by atoms with Gasteiger partial charge in [0.25, 0.3) is 0 Å². The third-order valence-electron chi connectivity index (χ3n) is 3.60. The molecule has 2 rings (SSSR count). The zero-order valence-corrected chi connectivity index (χ0v) is 11.0. The van der Waals surface area contributed by atoms with Gasteiger partial charge in [-0.25, -0.2) is 0 Å². The van der Waals surface area contributed by atoms with Gasteiger partial charge in [0.15, 0.2) is 5.75 Å². The van der Waals surface area contributed by atoms with Crippen LogP contribution in [-0.2, 0) is 0 Å². The number of methoxy groups -OCH3 is 1. The van der Waals surface area contributed by atoms with Crippen molar-refractivity contribution in [3.8, 4) is 5.75 Å². The van der Waals surface area contributed by atoms with Crippen LogP contribution in [-0.4, -0.2) is 25.1 Å². The minimum Gasteiger partial charge on any atom is -0.490 e. The Bertz CT molecular complexity index is 480. The lowest BCUT2D eigenvalue weighted by atomic mass is 9.97. The minimum absolute atomic E-state index is 0.00669. The predicted octanol–water partition coefficient (Wildman–Crippen LogP) is 3.01. The van der Waals surface area contributed by atoms with E-state index in [0.717, 1.165) is 31.6 Å². The fraction of sp³-hybridized carbons (Fsp3) is 0.429. The molecular weight excluding hydrogens is 244 g/mol. The number of ether oxygens (including phenoxy) is 1. The molecule has 1 aliphatic rings. The van der Waals surface area contributed by atoms with Gasteiger partial charge >= 0.3 is 5.69 Å². The first-order valence-corrected chi connectivity index (χ1v) is 6.35. The highest BCUT2D eigenvalue weighted by molar-refractivity contribution is 5.59. The summed E-state index contributed by atoms with van der Waals surface area (Å²) in [5.41, 5.74) is 0.984. The SMILES string of the molecule is C=CC1CCN(c2ccc([N+](=O)[O-])c(OC)c2)CC1. The smallest absolute Gasteiger partial charge is 0.311 e. The van der Waals surface area contributed by atoms with E-state index < -0.39 is 4.92 Å². The van der Waals surface area contributed by atoms with Crippen LogP contribution in [0.25, 0.3) is 0 Å². The molecule has 102 valence electrons. The second-order valence-corrected chi connectivity index (χ2v) is 4.67. The maximum absolute atomic E-state index is 10.9. The lowest BCUT2D eigenvalue weighted by Gasteiger charge is -2.32. The van der Waals surface area contributed by atoms with E-state index >= 15 is 0 Å². The first-order chi connectivity index (χ1) is 9.15. The topological polar surface area (TPSA) is 55.6 Å². The number of hydrogen-bond donors (Lipinski definition) is 0. The lowest BCUT2D eigenvalue weighted by Crippen LogP contribution is -2.32. The molecule has 1 aromatic rings. The molecular formula is C14H18N2O3. The minimum atomic E-state index is -0.424. The van der Waals surface area contributed by atoms with Crippen molar-refractivity contribution in [2.75, 3.05) is 25.1 Å². The third-order valence-corrected chi connectivity index (χ3v) is 3.60. The van der Waals surface area contributed by atoms with Gasteiger partial charge in [0.05, 0.1) is 12.0 Å². The molecule has 0 aliphatic carbocycles. The van der Waals surface area contributed by atoms with Crippen LogP contribution in [0.2, 0.25) is 0 Å². The van der Waals surface area contributed by atoms with Gasteiger partial charge in [0.1, 0.15) is 0 Å². The Morgan fingerprint density at radius 3 is 2.68 bits per heavy atom. The van der Waals surface area contributed by atoms with Gasteiger partial charge < -0.3 is 9.64 Å². The number of hydrogen-bond acceptors (Lipinski definition) is 4. The molecule has 0 radical (unpaired) electrons. The lowest BCUT2D eigenvalue weighted by molar-refractivity contribution is -0.385. The summed E-state index contributed by atoms with van der Waals surface area (Å²) < 4.78 is 5.10. The van der Waals surface area contributed by atoms with Crippen LogP contribution < -0.4 is 9.64 Å². The number of rotatable bonds is 4. The van der Waals surface area contributed by atoms with Gasteiger partial charge in [-0.05, 0) is 24.8 Å². The number of nitro groups is 1. The second-order valence-electron chi connectivity index (χ2n) is 4.67. The number of nitrogens with zero attached hydrogens (tertiary/aromatic N) is 2. The molecule has 1 saturated heterocycles. The third kappa shape index (κ3) is 2.86. The van der Waals surface area contributed by atoms with E-state index in [4.69, 9.17) is 4.74 Å². The van der Waals surface area contributed by atoms with Crippen LogP contribution in [0.5, 0.6) is 5.75 Å². The van der Waals surface area contributed by atoms with Gasteiger partial charge in [0, 0.05) is 30.9 Å². The summed E-state index contributed by atoms with van der Waals surface area (Å²) in [6.45, 7) is 5.71. The highest BCUT2D eigenvalue weighted by Crippen LogP contribution is 2.33. The molecule has 19 heavy (non-hydrogen) atoms. The summed E-state index contributed by atoms with van der Waals surface area (Å²) in [7, 11) is 1.45. The summed E-state index contributed by atoms with van der Waals surface area (Å²) in [6, 6.07) is 5.04. The average molecular weight is 262 g/mol. The molecule has 0 bridgehead atoms. The van der Waals surface area contributed by atoms with Gasteiger partial charge in [0.2, 0.25) is 0 Å². The van der Waals surface area contributed by atoms with E-state index in [1.54, 1.807) is 12.1 Å². The van der Waals surface area contributed by atoms with E-state index in [0.29, 0.717) is 11.7 Å². The Morgan fingerprint density at radius 2 is 2.16 bits per heavy atom. The Hall–Kier alpha value is -2.04. The van der Waals surface area contributed by atoms with E-state index in [1.165, 1.54) is 13.2 Å². The standard InChI is InChI=1S/C14H18N2O3/c1-3-11-6-8-15(9-7-11)12-4-5-13(16(17)18)14(10-12)19-2/h3-5,10-11H,1,6-9H2,2H3. The van der Waals surface area contributed by atoms with Gasteiger partial charge in [-0.1, -0.05) is 6.08 Å². The highest BCUT2D eigenvalue weighted by Gasteiger charge is 2.20. The fourth-order valence-corrected chi connectivity index (χ4v) is 2.41. The average Bonchev–Trinajstić information content (AvgIpc) is 2.46. The van der Waals surface area contributed by atoms with E-state index in [9.17, 15) is 10.1 Å². The highest BCUT2D eigenvalue weighted by atomic mass is 16.6. The molecule has 0 spiro atoms. The van der Waals surface area contributed by atoms with Crippen molar-refractivity contribution in [1.82, 2.24) is 0 Å². The molecule has 5 nitrogen and oxygen atoms in total. The summed E-state index contributed by atoms with van der Waals surface area (Å²) in [4.78, 5) is 12.7. The van der Waals surface area contributed by atoms with E-state index in [2.05, 4.69) is 11.5 Å². The zero-order valence-electron chi connectivity index (χ0n) is 11.0.